The van der Waals surface area contributed by atoms with E-state index in [1.165, 1.54) is 116 Å². The SMILES string of the molecule is CCCCCCCCCCCCCCCC(=O)OC[C@@H](OC(=O)CCCCCCCCCCCCCCC)C(OC(=O)[C@@H](N)CS)C(=O)OCC1c2ccccc2-c2ccccc21. The molecular formula is C53H83NO8S. The number of rotatable bonds is 38. The molecule has 354 valence electrons. The Morgan fingerprint density at radius 3 is 1.35 bits per heavy atom. The van der Waals surface area contributed by atoms with Crippen LogP contribution in [0.15, 0.2) is 48.5 Å². The number of unbranched alkanes of at least 4 members (excludes halogenated alkanes) is 24. The van der Waals surface area contributed by atoms with Gasteiger partial charge in [-0.25, -0.2) is 4.79 Å². The zero-order valence-corrected chi connectivity index (χ0v) is 40.0. The van der Waals surface area contributed by atoms with Crippen molar-refractivity contribution in [3.05, 3.63) is 59.7 Å². The Hall–Kier alpha value is -3.37. The van der Waals surface area contributed by atoms with Crippen molar-refractivity contribution >= 4 is 36.5 Å². The third kappa shape index (κ3) is 21.9. The van der Waals surface area contributed by atoms with Crippen molar-refractivity contribution in [3.63, 3.8) is 0 Å². The number of carbonyl (C=O) groups is 4. The Morgan fingerprint density at radius 1 is 0.524 bits per heavy atom. The molecule has 1 aliphatic carbocycles. The summed E-state index contributed by atoms with van der Waals surface area (Å²) in [7, 11) is 0. The van der Waals surface area contributed by atoms with Gasteiger partial charge in [0.1, 0.15) is 19.3 Å². The van der Waals surface area contributed by atoms with Crippen molar-refractivity contribution < 1.29 is 38.1 Å². The van der Waals surface area contributed by atoms with Gasteiger partial charge < -0.3 is 24.7 Å². The lowest BCUT2D eigenvalue weighted by molar-refractivity contribution is -0.188. The summed E-state index contributed by atoms with van der Waals surface area (Å²) in [4.78, 5) is 53.5. The molecule has 0 bridgehead atoms. The molecule has 0 fully saturated rings. The van der Waals surface area contributed by atoms with Crippen molar-refractivity contribution in [2.75, 3.05) is 19.0 Å². The lowest BCUT2D eigenvalue weighted by Crippen LogP contribution is -2.48. The third-order valence-corrected chi connectivity index (χ3v) is 12.7. The minimum Gasteiger partial charge on any atom is -0.462 e. The number of thiol groups is 1. The van der Waals surface area contributed by atoms with Crippen molar-refractivity contribution in [1.82, 2.24) is 0 Å². The summed E-state index contributed by atoms with van der Waals surface area (Å²) in [5, 5.41) is 0. The zero-order chi connectivity index (χ0) is 45.3. The molecule has 0 amide bonds. The number of nitrogens with two attached hydrogens (primary N) is 1. The molecule has 0 spiro atoms. The number of fused-ring (bicyclic) bond motifs is 3. The molecular weight excluding hydrogens is 811 g/mol. The first-order chi connectivity index (χ1) is 30.8. The van der Waals surface area contributed by atoms with Crippen molar-refractivity contribution in [3.8, 4) is 11.1 Å². The van der Waals surface area contributed by atoms with E-state index >= 15 is 0 Å². The van der Waals surface area contributed by atoms with Crippen LogP contribution in [0.5, 0.6) is 0 Å². The van der Waals surface area contributed by atoms with Crippen LogP contribution in [0.1, 0.15) is 211 Å². The van der Waals surface area contributed by atoms with E-state index in [0.29, 0.717) is 12.8 Å². The summed E-state index contributed by atoms with van der Waals surface area (Å²) < 4.78 is 23.1. The summed E-state index contributed by atoms with van der Waals surface area (Å²) in [5.74, 6) is -3.15. The van der Waals surface area contributed by atoms with Gasteiger partial charge in [0.25, 0.3) is 0 Å². The predicted molar refractivity (Wildman–Crippen MR) is 258 cm³/mol. The Kier molecular flexibility index (Phi) is 29.2. The minimum absolute atomic E-state index is 0.0339. The van der Waals surface area contributed by atoms with E-state index in [-0.39, 0.29) is 31.1 Å². The Bertz CT molecular complexity index is 1520. The molecule has 1 aliphatic rings. The molecule has 0 radical (unpaired) electrons. The van der Waals surface area contributed by atoms with Crippen molar-refractivity contribution in [2.45, 2.75) is 218 Å². The highest BCUT2D eigenvalue weighted by atomic mass is 32.1. The molecule has 3 atom stereocenters. The van der Waals surface area contributed by atoms with Crippen LogP contribution < -0.4 is 5.73 Å². The first-order valence-electron chi connectivity index (χ1n) is 25.1. The van der Waals surface area contributed by atoms with E-state index in [1.54, 1.807) is 0 Å². The monoisotopic (exact) mass is 894 g/mol. The van der Waals surface area contributed by atoms with Crippen molar-refractivity contribution in [2.24, 2.45) is 5.73 Å². The molecule has 2 N–H and O–H groups in total. The highest BCUT2D eigenvalue weighted by molar-refractivity contribution is 7.80. The molecule has 2 aromatic carbocycles. The number of hydrogen-bond acceptors (Lipinski definition) is 10. The maximum Gasteiger partial charge on any atom is 0.351 e. The lowest BCUT2D eigenvalue weighted by Gasteiger charge is -2.27. The van der Waals surface area contributed by atoms with Gasteiger partial charge in [-0.2, -0.15) is 12.6 Å². The quantitative estimate of drug-likeness (QED) is 0.0293. The summed E-state index contributed by atoms with van der Waals surface area (Å²) in [5.41, 5.74) is 10.1. The molecule has 9 nitrogen and oxygen atoms in total. The lowest BCUT2D eigenvalue weighted by atomic mass is 9.98. The van der Waals surface area contributed by atoms with Gasteiger partial charge in [0.2, 0.25) is 6.10 Å². The third-order valence-electron chi connectivity index (χ3n) is 12.3. The van der Waals surface area contributed by atoms with E-state index in [2.05, 4.69) is 26.5 Å². The highest BCUT2D eigenvalue weighted by Crippen LogP contribution is 2.44. The van der Waals surface area contributed by atoms with Gasteiger partial charge in [0.05, 0.1) is 0 Å². The number of hydrogen-bond donors (Lipinski definition) is 2. The van der Waals surface area contributed by atoms with E-state index in [0.717, 1.165) is 60.8 Å². The Morgan fingerprint density at radius 2 is 0.921 bits per heavy atom. The number of esters is 4. The molecule has 10 heteroatoms. The largest absolute Gasteiger partial charge is 0.462 e. The minimum atomic E-state index is -1.71. The van der Waals surface area contributed by atoms with Gasteiger partial charge in [-0.05, 0) is 35.1 Å². The summed E-state index contributed by atoms with van der Waals surface area (Å²) in [6.45, 7) is 3.97. The maximum atomic E-state index is 14.0. The fourth-order valence-corrected chi connectivity index (χ4v) is 8.63. The van der Waals surface area contributed by atoms with Crippen LogP contribution in [0, 0.1) is 0 Å². The van der Waals surface area contributed by atoms with Gasteiger partial charge >= 0.3 is 23.9 Å². The zero-order valence-electron chi connectivity index (χ0n) is 39.1. The van der Waals surface area contributed by atoms with Gasteiger partial charge in [-0.3, -0.25) is 14.4 Å². The topological polar surface area (TPSA) is 131 Å². The second-order valence-electron chi connectivity index (χ2n) is 17.7. The second-order valence-corrected chi connectivity index (χ2v) is 18.1. The standard InChI is InChI=1S/C53H83NO8S/c1-3-5-7-9-11-13-15-17-19-21-23-25-27-37-49(55)59-40-48(61-50(56)38-28-26-24-22-20-18-16-14-12-10-8-6-4-2)51(62-52(57)47(54)41-63)53(58)60-39-46-44-35-31-29-33-42(44)43-34-30-32-36-45(43)46/h29-36,46-48,51,63H,3-28,37-41,54H2,1-2H3/t47-,48+,51?/m0/s1. The molecule has 63 heavy (non-hydrogen) atoms. The fourth-order valence-electron chi connectivity index (χ4n) is 8.48. The summed E-state index contributed by atoms with van der Waals surface area (Å²) in [6.07, 6.45) is 27.9. The van der Waals surface area contributed by atoms with Crippen LogP contribution in [0.3, 0.4) is 0 Å². The van der Waals surface area contributed by atoms with Gasteiger partial charge in [-0.1, -0.05) is 216 Å². The summed E-state index contributed by atoms with van der Waals surface area (Å²) >= 11 is 4.14. The van der Waals surface area contributed by atoms with Gasteiger partial charge in [-0.15, -0.1) is 0 Å². The first-order valence-corrected chi connectivity index (χ1v) is 25.7. The number of benzene rings is 2. The molecule has 0 aromatic heterocycles. The number of carbonyl (C=O) groups excluding carboxylic acids is 4. The van der Waals surface area contributed by atoms with E-state index < -0.39 is 48.7 Å². The van der Waals surface area contributed by atoms with Crippen LogP contribution in [0.25, 0.3) is 11.1 Å². The van der Waals surface area contributed by atoms with Gasteiger partial charge in [0, 0.05) is 24.5 Å². The summed E-state index contributed by atoms with van der Waals surface area (Å²) in [6, 6.07) is 14.8. The molecule has 0 saturated carbocycles. The normalized spacial score (nSPS) is 13.5. The van der Waals surface area contributed by atoms with Crippen molar-refractivity contribution in [1.29, 1.82) is 0 Å². The Labute approximate surface area is 386 Å². The van der Waals surface area contributed by atoms with E-state index in [9.17, 15) is 19.2 Å². The molecule has 0 aliphatic heterocycles. The number of ether oxygens (including phenoxy) is 4. The van der Waals surface area contributed by atoms with Crippen LogP contribution >= 0.6 is 12.6 Å². The average molecular weight is 894 g/mol. The molecule has 0 saturated heterocycles. The van der Waals surface area contributed by atoms with E-state index in [4.69, 9.17) is 24.7 Å². The van der Waals surface area contributed by atoms with Crippen LogP contribution in [0.2, 0.25) is 0 Å². The van der Waals surface area contributed by atoms with Crippen LogP contribution in [-0.4, -0.2) is 61.1 Å². The molecule has 1 unspecified atom stereocenters. The highest BCUT2D eigenvalue weighted by Gasteiger charge is 2.39. The first kappa shape index (κ1) is 54.0. The van der Waals surface area contributed by atoms with E-state index in [1.807, 2.05) is 48.5 Å². The predicted octanol–water partition coefficient (Wildman–Crippen LogP) is 12.9. The van der Waals surface area contributed by atoms with Crippen LogP contribution in [-0.2, 0) is 38.1 Å². The molecule has 2 aromatic rings. The molecule has 3 rings (SSSR count). The maximum absolute atomic E-state index is 14.0. The smallest absolute Gasteiger partial charge is 0.351 e. The van der Waals surface area contributed by atoms with Crippen LogP contribution in [0.4, 0.5) is 0 Å². The second kappa shape index (κ2) is 34.0. The van der Waals surface area contributed by atoms with Gasteiger partial charge in [0.15, 0.2) is 6.10 Å². The molecule has 0 heterocycles. The fraction of sp³-hybridized carbons (Fsp3) is 0.698. The average Bonchev–Trinajstić information content (AvgIpc) is 3.62. The Balaban J connectivity index is 1.57.